The Bertz CT molecular complexity index is 205. The van der Waals surface area contributed by atoms with Gasteiger partial charge >= 0.3 is 0 Å². The van der Waals surface area contributed by atoms with Gasteiger partial charge in [-0.25, -0.2) is 0 Å². The zero-order valence-corrected chi connectivity index (χ0v) is 11.5. The number of rotatable bonds is 9. The summed E-state index contributed by atoms with van der Waals surface area (Å²) in [6.07, 6.45) is 6.92. The first-order valence-electron chi connectivity index (χ1n) is 6.35. The molecule has 0 aromatic carbocycles. The Morgan fingerprint density at radius 1 is 1.25 bits per heavy atom. The summed E-state index contributed by atoms with van der Waals surface area (Å²) < 4.78 is 5.43. The molecule has 0 aromatic heterocycles. The maximum Gasteiger partial charge on any atom is 0.0817 e. The van der Waals surface area contributed by atoms with Crippen molar-refractivity contribution in [2.75, 3.05) is 7.11 Å². The van der Waals surface area contributed by atoms with Crippen LogP contribution in [0.25, 0.3) is 0 Å². The molecule has 0 spiro atoms. The van der Waals surface area contributed by atoms with Crippen LogP contribution in [0.4, 0.5) is 0 Å². The van der Waals surface area contributed by atoms with Crippen molar-refractivity contribution in [1.29, 1.82) is 0 Å². The molecule has 0 aromatic rings. The molecule has 0 aliphatic carbocycles. The van der Waals surface area contributed by atoms with Crippen LogP contribution in [0.2, 0.25) is 0 Å². The van der Waals surface area contributed by atoms with Gasteiger partial charge in [-0.05, 0) is 23.8 Å². The summed E-state index contributed by atoms with van der Waals surface area (Å²) in [5, 5.41) is 0. The highest BCUT2D eigenvalue weighted by Gasteiger charge is 2.13. The van der Waals surface area contributed by atoms with Gasteiger partial charge in [0.15, 0.2) is 0 Å². The van der Waals surface area contributed by atoms with Gasteiger partial charge in [0.25, 0.3) is 0 Å². The zero-order valence-electron chi connectivity index (χ0n) is 11.5. The molecule has 16 heavy (non-hydrogen) atoms. The lowest BCUT2D eigenvalue weighted by Crippen LogP contribution is -2.16. The SMILES string of the molecule is C=CC(=C)C(CC(C)CCCC(C)C)OC. The Morgan fingerprint density at radius 3 is 2.31 bits per heavy atom. The van der Waals surface area contributed by atoms with Gasteiger partial charge < -0.3 is 4.74 Å². The fraction of sp³-hybridized carbons (Fsp3) is 0.733. The molecule has 0 saturated carbocycles. The zero-order chi connectivity index (χ0) is 12.6. The second-order valence-corrected chi connectivity index (χ2v) is 5.17. The van der Waals surface area contributed by atoms with Crippen molar-refractivity contribution in [2.24, 2.45) is 11.8 Å². The summed E-state index contributed by atoms with van der Waals surface area (Å²) in [6.45, 7) is 14.6. The van der Waals surface area contributed by atoms with Gasteiger partial charge in [0, 0.05) is 7.11 Å². The fourth-order valence-corrected chi connectivity index (χ4v) is 1.89. The predicted octanol–water partition coefficient (Wildman–Crippen LogP) is 4.60. The monoisotopic (exact) mass is 224 g/mol. The van der Waals surface area contributed by atoms with E-state index in [1.807, 2.05) is 0 Å². The molecule has 2 atom stereocenters. The van der Waals surface area contributed by atoms with Gasteiger partial charge in [-0.3, -0.25) is 0 Å². The van der Waals surface area contributed by atoms with Gasteiger partial charge in [-0.1, -0.05) is 59.3 Å². The van der Waals surface area contributed by atoms with Gasteiger partial charge in [-0.2, -0.15) is 0 Å². The van der Waals surface area contributed by atoms with Crippen LogP contribution in [0.1, 0.15) is 46.5 Å². The molecule has 94 valence electrons. The van der Waals surface area contributed by atoms with Crippen LogP contribution in [-0.2, 0) is 4.74 Å². The van der Waals surface area contributed by atoms with E-state index in [1.165, 1.54) is 19.3 Å². The number of ether oxygens (including phenoxy) is 1. The van der Waals surface area contributed by atoms with Crippen molar-refractivity contribution in [3.05, 3.63) is 24.8 Å². The van der Waals surface area contributed by atoms with Crippen molar-refractivity contribution < 1.29 is 4.74 Å². The second kappa shape index (κ2) is 8.58. The summed E-state index contributed by atoms with van der Waals surface area (Å²) in [6, 6.07) is 0. The summed E-state index contributed by atoms with van der Waals surface area (Å²) >= 11 is 0. The molecule has 0 fully saturated rings. The van der Waals surface area contributed by atoms with E-state index >= 15 is 0 Å². The number of hydrogen-bond acceptors (Lipinski definition) is 1. The topological polar surface area (TPSA) is 9.23 Å². The van der Waals surface area contributed by atoms with Gasteiger partial charge in [0.1, 0.15) is 0 Å². The molecule has 1 heteroatoms. The first-order chi connectivity index (χ1) is 7.51. The van der Waals surface area contributed by atoms with E-state index in [-0.39, 0.29) is 6.10 Å². The fourth-order valence-electron chi connectivity index (χ4n) is 1.89. The Hall–Kier alpha value is -0.560. The summed E-state index contributed by atoms with van der Waals surface area (Å²) in [4.78, 5) is 0. The first kappa shape index (κ1) is 15.4. The third-order valence-electron chi connectivity index (χ3n) is 3.06. The Morgan fingerprint density at radius 2 is 1.88 bits per heavy atom. The minimum Gasteiger partial charge on any atom is -0.377 e. The van der Waals surface area contributed by atoms with Crippen LogP contribution < -0.4 is 0 Å². The van der Waals surface area contributed by atoms with Crippen LogP contribution in [0.5, 0.6) is 0 Å². The van der Waals surface area contributed by atoms with Gasteiger partial charge in [-0.15, -0.1) is 0 Å². The van der Waals surface area contributed by atoms with Crippen molar-refractivity contribution in [3.63, 3.8) is 0 Å². The Balaban J connectivity index is 3.87. The largest absolute Gasteiger partial charge is 0.377 e. The highest BCUT2D eigenvalue weighted by atomic mass is 16.5. The maximum atomic E-state index is 5.43. The van der Waals surface area contributed by atoms with Gasteiger partial charge in [0.05, 0.1) is 6.10 Å². The van der Waals surface area contributed by atoms with Crippen molar-refractivity contribution >= 4 is 0 Å². The van der Waals surface area contributed by atoms with Crippen LogP contribution in [0.3, 0.4) is 0 Å². The molecule has 0 saturated heterocycles. The predicted molar refractivity (Wildman–Crippen MR) is 72.6 cm³/mol. The van der Waals surface area contributed by atoms with Crippen LogP contribution in [0, 0.1) is 11.8 Å². The first-order valence-corrected chi connectivity index (χ1v) is 6.35. The van der Waals surface area contributed by atoms with Crippen LogP contribution in [0.15, 0.2) is 24.8 Å². The average molecular weight is 224 g/mol. The molecule has 0 amide bonds. The van der Waals surface area contributed by atoms with E-state index in [2.05, 4.69) is 33.9 Å². The van der Waals surface area contributed by atoms with Crippen molar-refractivity contribution in [3.8, 4) is 0 Å². The highest BCUT2D eigenvalue weighted by molar-refractivity contribution is 5.16. The lowest BCUT2D eigenvalue weighted by molar-refractivity contribution is 0.111. The van der Waals surface area contributed by atoms with E-state index in [0.717, 1.165) is 17.9 Å². The normalized spacial score (nSPS) is 14.8. The van der Waals surface area contributed by atoms with E-state index in [0.29, 0.717) is 5.92 Å². The molecular weight excluding hydrogens is 196 g/mol. The highest BCUT2D eigenvalue weighted by Crippen LogP contribution is 2.21. The lowest BCUT2D eigenvalue weighted by atomic mass is 9.93. The van der Waals surface area contributed by atoms with Crippen molar-refractivity contribution in [2.45, 2.75) is 52.6 Å². The van der Waals surface area contributed by atoms with Crippen LogP contribution >= 0.6 is 0 Å². The summed E-state index contributed by atoms with van der Waals surface area (Å²) in [5.41, 5.74) is 0.998. The molecule has 0 rings (SSSR count). The average Bonchev–Trinajstić information content (AvgIpc) is 2.24. The Labute approximate surface area is 102 Å². The molecule has 2 unspecified atom stereocenters. The quantitative estimate of drug-likeness (QED) is 0.520. The lowest BCUT2D eigenvalue weighted by Gasteiger charge is -2.20. The third kappa shape index (κ3) is 6.84. The molecule has 0 bridgehead atoms. The summed E-state index contributed by atoms with van der Waals surface area (Å²) in [7, 11) is 1.75. The van der Waals surface area contributed by atoms with Crippen LogP contribution in [-0.4, -0.2) is 13.2 Å². The Kier molecular flexibility index (Phi) is 8.28. The van der Waals surface area contributed by atoms with E-state index in [9.17, 15) is 0 Å². The molecule has 1 nitrogen and oxygen atoms in total. The molecular formula is C15H28O. The number of methoxy groups -OCH3 is 1. The molecule has 0 aliphatic rings. The standard InChI is InChI=1S/C15H28O/c1-7-14(5)15(16-6)11-13(4)10-8-9-12(2)3/h7,12-13,15H,1,5,8-11H2,2-4,6H3. The molecule has 0 N–H and O–H groups in total. The van der Waals surface area contributed by atoms with Crippen molar-refractivity contribution in [1.82, 2.24) is 0 Å². The van der Waals surface area contributed by atoms with E-state index < -0.39 is 0 Å². The third-order valence-corrected chi connectivity index (χ3v) is 3.06. The van der Waals surface area contributed by atoms with E-state index in [4.69, 9.17) is 4.74 Å². The maximum absolute atomic E-state index is 5.43. The molecule has 0 aliphatic heterocycles. The van der Waals surface area contributed by atoms with E-state index in [1.54, 1.807) is 13.2 Å². The minimum atomic E-state index is 0.145. The molecule has 0 heterocycles. The summed E-state index contributed by atoms with van der Waals surface area (Å²) in [5.74, 6) is 1.51. The minimum absolute atomic E-state index is 0.145. The molecule has 0 radical (unpaired) electrons. The second-order valence-electron chi connectivity index (χ2n) is 5.17. The van der Waals surface area contributed by atoms with Gasteiger partial charge in [0.2, 0.25) is 0 Å². The smallest absolute Gasteiger partial charge is 0.0817 e. The number of hydrogen-bond donors (Lipinski definition) is 0.